The highest BCUT2D eigenvalue weighted by Crippen LogP contribution is 2.34. The molecule has 3 rings (SSSR count). The van der Waals surface area contributed by atoms with E-state index in [1.54, 1.807) is 12.1 Å². The lowest BCUT2D eigenvalue weighted by Gasteiger charge is -2.28. The number of hydrogen-bond acceptors (Lipinski definition) is 0. The molecule has 1 saturated carbocycles. The van der Waals surface area contributed by atoms with Gasteiger partial charge in [-0.15, -0.1) is 0 Å². The van der Waals surface area contributed by atoms with Gasteiger partial charge in [-0.05, 0) is 41.7 Å². The predicted octanol–water partition coefficient (Wildman–Crippen LogP) is 6.66. The Morgan fingerprint density at radius 2 is 1.61 bits per heavy atom. The summed E-state index contributed by atoms with van der Waals surface area (Å²) in [5.41, 5.74) is 1.24. The number of benzene rings is 2. The first-order chi connectivity index (χ1) is 11.2. The highest BCUT2D eigenvalue weighted by atomic mass is 19.2. The molecule has 0 amide bonds. The molecule has 1 fully saturated rings. The van der Waals surface area contributed by atoms with Crippen LogP contribution in [0.5, 0.6) is 0 Å². The van der Waals surface area contributed by atoms with Gasteiger partial charge in [0.05, 0.1) is 0 Å². The summed E-state index contributed by atoms with van der Waals surface area (Å²) in [4.78, 5) is 0. The molecule has 0 N–H and O–H groups in total. The first-order valence-electron chi connectivity index (χ1n) is 9.04. The molecule has 1 aliphatic rings. The summed E-state index contributed by atoms with van der Waals surface area (Å²) in [6.07, 6.45) is 10.5. The third-order valence-corrected chi connectivity index (χ3v) is 5.48. The molecule has 0 aliphatic heterocycles. The lowest BCUT2D eigenvalue weighted by molar-refractivity contribution is 0.252. The summed E-state index contributed by atoms with van der Waals surface area (Å²) in [5, 5.41) is 1.18. The van der Waals surface area contributed by atoms with Gasteiger partial charge in [0.15, 0.2) is 11.6 Å². The maximum Gasteiger partial charge on any atom is 0.166 e. The number of hydrogen-bond donors (Lipinski definition) is 0. The molecule has 0 radical (unpaired) electrons. The van der Waals surface area contributed by atoms with Crippen LogP contribution in [0.15, 0.2) is 30.3 Å². The fourth-order valence-corrected chi connectivity index (χ4v) is 4.06. The Kier molecular flexibility index (Phi) is 5.30. The molecule has 1 aliphatic carbocycles. The van der Waals surface area contributed by atoms with Gasteiger partial charge in [0.25, 0.3) is 0 Å². The lowest BCUT2D eigenvalue weighted by atomic mass is 9.78. The first-order valence-corrected chi connectivity index (χ1v) is 9.04. The smallest absolute Gasteiger partial charge is 0.166 e. The highest BCUT2D eigenvalue weighted by molar-refractivity contribution is 5.83. The molecule has 0 bridgehead atoms. The van der Waals surface area contributed by atoms with Crippen molar-refractivity contribution in [2.45, 2.75) is 58.3 Å². The Hall–Kier alpha value is -1.44. The Bertz CT molecular complexity index is 654. The summed E-state index contributed by atoms with van der Waals surface area (Å²) >= 11 is 0. The van der Waals surface area contributed by atoms with Crippen molar-refractivity contribution in [3.05, 3.63) is 47.5 Å². The predicted molar refractivity (Wildman–Crippen MR) is 92.5 cm³/mol. The van der Waals surface area contributed by atoms with Crippen LogP contribution in [0.4, 0.5) is 8.78 Å². The van der Waals surface area contributed by atoms with Crippen molar-refractivity contribution < 1.29 is 8.78 Å². The fourth-order valence-electron chi connectivity index (χ4n) is 4.06. The van der Waals surface area contributed by atoms with Crippen LogP contribution in [0.3, 0.4) is 0 Å². The average Bonchev–Trinajstić information content (AvgIpc) is 2.58. The zero-order valence-electron chi connectivity index (χ0n) is 14.0. The lowest BCUT2D eigenvalue weighted by Crippen LogP contribution is -2.15. The van der Waals surface area contributed by atoms with E-state index < -0.39 is 11.6 Å². The van der Waals surface area contributed by atoms with Gasteiger partial charge in [-0.1, -0.05) is 69.7 Å². The first kappa shape index (κ1) is 16.4. The maximum absolute atomic E-state index is 13.7. The average molecular weight is 316 g/mol. The van der Waals surface area contributed by atoms with Gasteiger partial charge in [-0.25, -0.2) is 8.78 Å². The van der Waals surface area contributed by atoms with E-state index in [1.165, 1.54) is 56.6 Å². The second-order valence-corrected chi connectivity index (χ2v) is 7.13. The van der Waals surface area contributed by atoms with E-state index >= 15 is 0 Å². The minimum atomic E-state index is -0.769. The summed E-state index contributed by atoms with van der Waals surface area (Å²) in [6.45, 7) is 2.28. The van der Waals surface area contributed by atoms with E-state index in [2.05, 4.69) is 6.92 Å². The molecule has 0 unspecified atom stereocenters. The second kappa shape index (κ2) is 7.42. The summed E-state index contributed by atoms with van der Waals surface area (Å²) in [6, 6.07) is 8.58. The molecule has 0 saturated heterocycles. The maximum atomic E-state index is 13.7. The molecule has 0 aromatic heterocycles. The quantitative estimate of drug-likeness (QED) is 0.578. The summed E-state index contributed by atoms with van der Waals surface area (Å²) < 4.78 is 27.0. The van der Waals surface area contributed by atoms with E-state index in [9.17, 15) is 8.78 Å². The summed E-state index contributed by atoms with van der Waals surface area (Å²) in [5.74, 6) is 0.288. The highest BCUT2D eigenvalue weighted by Gasteiger charge is 2.20. The monoisotopic (exact) mass is 316 g/mol. The van der Waals surface area contributed by atoms with Crippen molar-refractivity contribution in [2.24, 2.45) is 11.8 Å². The molecule has 0 atom stereocenters. The third kappa shape index (κ3) is 3.91. The van der Waals surface area contributed by atoms with Crippen LogP contribution < -0.4 is 0 Å². The van der Waals surface area contributed by atoms with E-state index in [1.807, 2.05) is 12.1 Å². The Labute approximate surface area is 137 Å². The molecule has 2 aromatic rings. The van der Waals surface area contributed by atoms with Crippen LogP contribution in [0.25, 0.3) is 10.8 Å². The van der Waals surface area contributed by atoms with Gasteiger partial charge in [0, 0.05) is 5.39 Å². The van der Waals surface area contributed by atoms with Gasteiger partial charge in [-0.2, -0.15) is 0 Å². The molecular weight excluding hydrogens is 290 g/mol. The van der Waals surface area contributed by atoms with Crippen LogP contribution in [0, 0.1) is 23.5 Å². The van der Waals surface area contributed by atoms with E-state index in [0.717, 1.165) is 23.6 Å². The van der Waals surface area contributed by atoms with Crippen LogP contribution >= 0.6 is 0 Å². The topological polar surface area (TPSA) is 0 Å². The van der Waals surface area contributed by atoms with Crippen molar-refractivity contribution >= 4 is 10.8 Å². The van der Waals surface area contributed by atoms with Crippen LogP contribution in [0.1, 0.15) is 57.4 Å². The van der Waals surface area contributed by atoms with Crippen LogP contribution in [0.2, 0.25) is 0 Å². The molecular formula is C21H26F2. The number of fused-ring (bicyclic) bond motifs is 1. The van der Waals surface area contributed by atoms with Crippen molar-refractivity contribution in [2.75, 3.05) is 0 Å². The largest absolute Gasteiger partial charge is 0.204 e. The van der Waals surface area contributed by atoms with Crippen molar-refractivity contribution in [1.29, 1.82) is 0 Å². The van der Waals surface area contributed by atoms with Gasteiger partial charge >= 0.3 is 0 Å². The molecule has 0 heterocycles. The normalized spacial score (nSPS) is 21.7. The molecule has 2 aromatic carbocycles. The standard InChI is InChI=1S/C21H26F2/c1-2-3-15-4-6-16(7-5-15)8-9-17-10-12-19-18(14-17)11-13-20(22)21(19)23/h10-16H,2-9H2,1H3. The van der Waals surface area contributed by atoms with E-state index in [4.69, 9.17) is 0 Å². The number of halogens is 2. The molecule has 0 nitrogen and oxygen atoms in total. The van der Waals surface area contributed by atoms with E-state index in [-0.39, 0.29) is 0 Å². The van der Waals surface area contributed by atoms with Crippen LogP contribution in [-0.4, -0.2) is 0 Å². The summed E-state index contributed by atoms with van der Waals surface area (Å²) in [7, 11) is 0. The van der Waals surface area contributed by atoms with Crippen molar-refractivity contribution in [1.82, 2.24) is 0 Å². The number of rotatable bonds is 5. The Morgan fingerprint density at radius 3 is 2.30 bits per heavy atom. The zero-order chi connectivity index (χ0) is 16.2. The van der Waals surface area contributed by atoms with Gasteiger partial charge < -0.3 is 0 Å². The minimum Gasteiger partial charge on any atom is -0.204 e. The van der Waals surface area contributed by atoms with Gasteiger partial charge in [0.2, 0.25) is 0 Å². The Balaban J connectivity index is 1.59. The van der Waals surface area contributed by atoms with Crippen molar-refractivity contribution in [3.63, 3.8) is 0 Å². The SMILES string of the molecule is CCCC1CCC(CCc2ccc3c(F)c(F)ccc3c2)CC1. The molecule has 0 spiro atoms. The fraction of sp³-hybridized carbons (Fsp3) is 0.524. The van der Waals surface area contributed by atoms with Crippen molar-refractivity contribution in [3.8, 4) is 0 Å². The molecule has 2 heteroatoms. The minimum absolute atomic E-state index is 0.383. The third-order valence-electron chi connectivity index (χ3n) is 5.48. The Morgan fingerprint density at radius 1 is 0.913 bits per heavy atom. The van der Waals surface area contributed by atoms with Gasteiger partial charge in [-0.3, -0.25) is 0 Å². The van der Waals surface area contributed by atoms with E-state index in [0.29, 0.717) is 5.39 Å². The zero-order valence-corrected chi connectivity index (χ0v) is 14.0. The number of aryl methyl sites for hydroxylation is 1. The molecule has 124 valence electrons. The van der Waals surface area contributed by atoms with Crippen LogP contribution in [-0.2, 0) is 6.42 Å². The molecule has 23 heavy (non-hydrogen) atoms. The second-order valence-electron chi connectivity index (χ2n) is 7.13. The van der Waals surface area contributed by atoms with Gasteiger partial charge in [0.1, 0.15) is 0 Å².